The molecule has 0 N–H and O–H groups in total. The highest BCUT2D eigenvalue weighted by Gasteiger charge is 2.14. The van der Waals surface area contributed by atoms with Crippen molar-refractivity contribution >= 4 is 21.7 Å². The lowest BCUT2D eigenvalue weighted by molar-refractivity contribution is 0.0961. The van der Waals surface area contributed by atoms with Crippen LogP contribution in [0.15, 0.2) is 27.5 Å². The largest absolute Gasteiger partial charge is 0.446 e. The molecule has 0 radical (unpaired) electrons. The lowest BCUT2D eigenvalue weighted by Crippen LogP contribution is -2.11. The molecule has 90 valence electrons. The smallest absolute Gasteiger partial charge is 0.205 e. The summed E-state index contributed by atoms with van der Waals surface area (Å²) in [5, 5.41) is 4.07. The number of carbonyl (C=O) groups is 1. The van der Waals surface area contributed by atoms with E-state index >= 15 is 0 Å². The van der Waals surface area contributed by atoms with Gasteiger partial charge in [0.05, 0.1) is 6.42 Å². The van der Waals surface area contributed by atoms with Crippen LogP contribution in [-0.4, -0.2) is 20.5 Å². The molecule has 0 fully saturated rings. The molecule has 0 aliphatic heterocycles. The lowest BCUT2D eigenvalue weighted by Gasteiger charge is -2.02. The highest BCUT2D eigenvalue weighted by Crippen LogP contribution is 2.15. The van der Waals surface area contributed by atoms with Crippen molar-refractivity contribution in [3.8, 4) is 0 Å². The van der Waals surface area contributed by atoms with Crippen LogP contribution < -0.4 is 0 Å². The lowest BCUT2D eigenvalue weighted by atomic mass is 10.2. The van der Waals surface area contributed by atoms with Crippen molar-refractivity contribution < 1.29 is 9.21 Å². The second-order valence-corrected chi connectivity index (χ2v) is 4.38. The molecule has 2 rings (SSSR count). The number of ketones is 1. The Morgan fingerprint density at radius 2 is 2.35 bits per heavy atom. The van der Waals surface area contributed by atoms with Gasteiger partial charge in [-0.25, -0.2) is 9.67 Å². The maximum Gasteiger partial charge on any atom is 0.205 e. The van der Waals surface area contributed by atoms with Crippen LogP contribution >= 0.6 is 15.9 Å². The van der Waals surface area contributed by atoms with Crippen molar-refractivity contribution in [3.05, 3.63) is 34.7 Å². The second-order valence-electron chi connectivity index (χ2n) is 3.60. The Morgan fingerprint density at radius 3 is 3.00 bits per heavy atom. The number of aromatic nitrogens is 3. The Hall–Kier alpha value is -1.43. The quantitative estimate of drug-likeness (QED) is 0.796. The summed E-state index contributed by atoms with van der Waals surface area (Å²) < 4.78 is 7.50. The second kappa shape index (κ2) is 5.27. The number of rotatable bonds is 5. The van der Waals surface area contributed by atoms with Crippen LogP contribution in [-0.2, 0) is 13.0 Å². The van der Waals surface area contributed by atoms with E-state index in [-0.39, 0.29) is 12.2 Å². The van der Waals surface area contributed by atoms with Crippen LogP contribution in [0.25, 0.3) is 0 Å². The van der Waals surface area contributed by atoms with Crippen molar-refractivity contribution in [1.82, 2.24) is 14.8 Å². The summed E-state index contributed by atoms with van der Waals surface area (Å²) in [6.07, 6.45) is 2.63. The summed E-state index contributed by atoms with van der Waals surface area (Å²) >= 11 is 3.17. The van der Waals surface area contributed by atoms with E-state index in [1.54, 1.807) is 16.8 Å². The molecular formula is C11H12BrN3O2. The minimum absolute atomic E-state index is 0.0962. The SMILES string of the molecule is CCCn1ncnc1CC(=O)c1ccc(Br)o1. The normalized spacial score (nSPS) is 10.7. The van der Waals surface area contributed by atoms with E-state index in [1.807, 2.05) is 0 Å². The van der Waals surface area contributed by atoms with Gasteiger partial charge >= 0.3 is 0 Å². The predicted octanol–water partition coefficient (Wildman–Crippen LogP) is 2.47. The molecule has 5 nitrogen and oxygen atoms in total. The highest BCUT2D eigenvalue weighted by molar-refractivity contribution is 9.10. The summed E-state index contributed by atoms with van der Waals surface area (Å²) in [6.45, 7) is 2.82. The molecule has 2 heterocycles. The average molecular weight is 298 g/mol. The minimum atomic E-state index is -0.0962. The average Bonchev–Trinajstić information content (AvgIpc) is 2.89. The van der Waals surface area contributed by atoms with Crippen molar-refractivity contribution in [1.29, 1.82) is 0 Å². The van der Waals surface area contributed by atoms with Crippen molar-refractivity contribution in [2.24, 2.45) is 0 Å². The van der Waals surface area contributed by atoms with Crippen LogP contribution in [0.1, 0.15) is 29.7 Å². The van der Waals surface area contributed by atoms with Gasteiger partial charge in [-0.05, 0) is 34.5 Å². The van der Waals surface area contributed by atoms with E-state index in [0.717, 1.165) is 13.0 Å². The van der Waals surface area contributed by atoms with E-state index < -0.39 is 0 Å². The molecule has 0 aliphatic carbocycles. The molecule has 17 heavy (non-hydrogen) atoms. The molecule has 0 saturated carbocycles. The summed E-state index contributed by atoms with van der Waals surface area (Å²) in [7, 11) is 0. The van der Waals surface area contributed by atoms with E-state index in [2.05, 4.69) is 32.9 Å². The van der Waals surface area contributed by atoms with Gasteiger partial charge in [-0.15, -0.1) is 0 Å². The molecule has 0 saturated heterocycles. The Kier molecular flexibility index (Phi) is 3.73. The fourth-order valence-corrected chi connectivity index (χ4v) is 1.83. The van der Waals surface area contributed by atoms with Crippen LogP contribution in [0.2, 0.25) is 0 Å². The molecule has 0 bridgehead atoms. The van der Waals surface area contributed by atoms with Gasteiger partial charge in [0.1, 0.15) is 12.2 Å². The van der Waals surface area contributed by atoms with Gasteiger partial charge < -0.3 is 4.42 Å². The first-order chi connectivity index (χ1) is 8.20. The molecule has 0 atom stereocenters. The fraction of sp³-hybridized carbons (Fsp3) is 0.364. The molecule has 0 amide bonds. The summed E-state index contributed by atoms with van der Waals surface area (Å²) in [4.78, 5) is 16.0. The zero-order chi connectivity index (χ0) is 12.3. The number of nitrogens with zero attached hydrogens (tertiary/aromatic N) is 3. The van der Waals surface area contributed by atoms with Crippen LogP contribution in [0, 0.1) is 0 Å². The van der Waals surface area contributed by atoms with Crippen molar-refractivity contribution in [3.63, 3.8) is 0 Å². The Balaban J connectivity index is 2.10. The Morgan fingerprint density at radius 1 is 1.53 bits per heavy atom. The topological polar surface area (TPSA) is 60.9 Å². The number of hydrogen-bond donors (Lipinski definition) is 0. The van der Waals surface area contributed by atoms with Crippen LogP contribution in [0.3, 0.4) is 0 Å². The number of halogens is 1. The zero-order valence-corrected chi connectivity index (χ0v) is 11.0. The third-order valence-corrected chi connectivity index (χ3v) is 2.72. The monoisotopic (exact) mass is 297 g/mol. The first-order valence-electron chi connectivity index (χ1n) is 5.36. The van der Waals surface area contributed by atoms with Gasteiger partial charge in [0.2, 0.25) is 5.78 Å². The number of carbonyl (C=O) groups excluding carboxylic acids is 1. The minimum Gasteiger partial charge on any atom is -0.446 e. The van der Waals surface area contributed by atoms with Gasteiger partial charge in [-0.3, -0.25) is 4.79 Å². The first kappa shape index (κ1) is 12.0. The summed E-state index contributed by atoms with van der Waals surface area (Å²) in [5.74, 6) is 0.911. The highest BCUT2D eigenvalue weighted by atomic mass is 79.9. The third-order valence-electron chi connectivity index (χ3n) is 2.30. The maximum atomic E-state index is 11.9. The molecule has 2 aromatic rings. The molecule has 0 aromatic carbocycles. The number of furan rings is 1. The maximum absolute atomic E-state index is 11.9. The fourth-order valence-electron chi connectivity index (χ4n) is 1.52. The number of hydrogen-bond acceptors (Lipinski definition) is 4. The van der Waals surface area contributed by atoms with Crippen molar-refractivity contribution in [2.75, 3.05) is 0 Å². The van der Waals surface area contributed by atoms with Gasteiger partial charge in [0.15, 0.2) is 10.4 Å². The Bertz CT molecular complexity index is 518. The van der Waals surface area contributed by atoms with Gasteiger partial charge in [0, 0.05) is 6.54 Å². The summed E-state index contributed by atoms with van der Waals surface area (Å²) in [6, 6.07) is 3.34. The van der Waals surface area contributed by atoms with E-state index in [0.29, 0.717) is 16.3 Å². The van der Waals surface area contributed by atoms with E-state index in [9.17, 15) is 4.79 Å². The number of aryl methyl sites for hydroxylation is 1. The van der Waals surface area contributed by atoms with Crippen molar-refractivity contribution in [2.45, 2.75) is 26.3 Å². The molecule has 2 aromatic heterocycles. The van der Waals surface area contributed by atoms with Gasteiger partial charge in [0.25, 0.3) is 0 Å². The molecular weight excluding hydrogens is 286 g/mol. The van der Waals surface area contributed by atoms with Gasteiger partial charge in [-0.1, -0.05) is 6.92 Å². The van der Waals surface area contributed by atoms with Crippen LogP contribution in [0.4, 0.5) is 0 Å². The summed E-state index contributed by atoms with van der Waals surface area (Å²) in [5.41, 5.74) is 0. The Labute approximate surface area is 107 Å². The molecule has 6 heteroatoms. The molecule has 0 unspecified atom stereocenters. The predicted molar refractivity (Wildman–Crippen MR) is 64.8 cm³/mol. The van der Waals surface area contributed by atoms with Crippen LogP contribution in [0.5, 0.6) is 0 Å². The van der Waals surface area contributed by atoms with E-state index in [1.165, 1.54) is 6.33 Å². The standard InChI is InChI=1S/C11H12BrN3O2/c1-2-5-15-11(13-7-14-15)6-8(16)9-3-4-10(12)17-9/h3-4,7H,2,5-6H2,1H3. The first-order valence-corrected chi connectivity index (χ1v) is 6.15. The van der Waals surface area contributed by atoms with E-state index in [4.69, 9.17) is 4.42 Å². The third kappa shape index (κ3) is 2.82. The molecule has 0 spiro atoms. The molecule has 0 aliphatic rings. The number of Topliss-reactive ketones (excluding diaryl/α,β-unsaturated/α-hetero) is 1. The zero-order valence-electron chi connectivity index (χ0n) is 9.39. The van der Waals surface area contributed by atoms with Gasteiger partial charge in [-0.2, -0.15) is 5.10 Å².